The van der Waals surface area contributed by atoms with E-state index >= 15 is 0 Å². The van der Waals surface area contributed by atoms with E-state index in [2.05, 4.69) is 9.88 Å². The van der Waals surface area contributed by atoms with E-state index < -0.39 is 0 Å². The van der Waals surface area contributed by atoms with E-state index in [0.29, 0.717) is 12.2 Å². The molecular weight excluding hydrogens is 304 g/mol. The van der Waals surface area contributed by atoms with Crippen LogP contribution in [0.3, 0.4) is 0 Å². The quantitative estimate of drug-likeness (QED) is 0.602. The molecule has 5 nitrogen and oxygen atoms in total. The van der Waals surface area contributed by atoms with Crippen LogP contribution in [-0.2, 0) is 4.74 Å². The molecule has 3 rings (SSSR count). The number of rotatable bonds is 6. The molecule has 0 N–H and O–H groups in total. The summed E-state index contributed by atoms with van der Waals surface area (Å²) in [7, 11) is 0. The summed E-state index contributed by atoms with van der Waals surface area (Å²) in [6.07, 6.45) is 3.98. The Morgan fingerprint density at radius 3 is 2.71 bits per heavy atom. The van der Waals surface area contributed by atoms with Gasteiger partial charge in [0.2, 0.25) is 0 Å². The number of hydrogen-bond acceptors (Lipinski definition) is 5. The van der Waals surface area contributed by atoms with Crippen molar-refractivity contribution >= 4 is 11.8 Å². The number of pyridine rings is 1. The average molecular weight is 326 g/mol. The maximum atomic E-state index is 12.4. The SMILES string of the molecule is Cc1ccccc1OCCOC(=O)c1cccnc1N1CCCC1. The maximum Gasteiger partial charge on any atom is 0.342 e. The third-order valence-corrected chi connectivity index (χ3v) is 4.08. The first-order valence-electron chi connectivity index (χ1n) is 8.31. The molecular formula is C19H22N2O3. The Bertz CT molecular complexity index is 697. The highest BCUT2D eigenvalue weighted by molar-refractivity contribution is 5.94. The molecule has 2 aromatic rings. The van der Waals surface area contributed by atoms with Gasteiger partial charge in [0.25, 0.3) is 0 Å². The minimum absolute atomic E-state index is 0.210. The third kappa shape index (κ3) is 3.85. The molecule has 0 atom stereocenters. The smallest absolute Gasteiger partial charge is 0.342 e. The molecule has 0 unspecified atom stereocenters. The predicted molar refractivity (Wildman–Crippen MR) is 92.6 cm³/mol. The lowest BCUT2D eigenvalue weighted by atomic mass is 10.2. The van der Waals surface area contributed by atoms with Gasteiger partial charge in [0, 0.05) is 19.3 Å². The fraction of sp³-hybridized carbons (Fsp3) is 0.368. The summed E-state index contributed by atoms with van der Waals surface area (Å²) < 4.78 is 11.0. The van der Waals surface area contributed by atoms with Crippen molar-refractivity contribution < 1.29 is 14.3 Å². The van der Waals surface area contributed by atoms with Crippen molar-refractivity contribution in [3.8, 4) is 5.75 Å². The Hall–Kier alpha value is -2.56. The third-order valence-electron chi connectivity index (χ3n) is 4.08. The number of ether oxygens (including phenoxy) is 2. The van der Waals surface area contributed by atoms with Crippen molar-refractivity contribution in [2.75, 3.05) is 31.2 Å². The number of benzene rings is 1. The normalized spacial score (nSPS) is 13.8. The summed E-state index contributed by atoms with van der Waals surface area (Å²) >= 11 is 0. The molecule has 1 aliphatic heterocycles. The van der Waals surface area contributed by atoms with Crippen LogP contribution in [0.2, 0.25) is 0 Å². The molecule has 2 heterocycles. The number of esters is 1. The van der Waals surface area contributed by atoms with Crippen molar-refractivity contribution in [3.63, 3.8) is 0 Å². The van der Waals surface area contributed by atoms with Crippen LogP contribution in [0.4, 0.5) is 5.82 Å². The molecule has 0 spiro atoms. The Morgan fingerprint density at radius 2 is 1.92 bits per heavy atom. The number of carbonyl (C=O) groups excluding carboxylic acids is 1. The molecule has 0 radical (unpaired) electrons. The van der Waals surface area contributed by atoms with E-state index in [1.807, 2.05) is 31.2 Å². The van der Waals surface area contributed by atoms with E-state index in [9.17, 15) is 4.79 Å². The van der Waals surface area contributed by atoms with E-state index in [1.54, 1.807) is 18.3 Å². The Balaban J connectivity index is 1.55. The Morgan fingerprint density at radius 1 is 1.12 bits per heavy atom. The van der Waals surface area contributed by atoms with E-state index in [0.717, 1.165) is 43.1 Å². The molecule has 1 aromatic carbocycles. The van der Waals surface area contributed by atoms with Gasteiger partial charge in [-0.25, -0.2) is 9.78 Å². The lowest BCUT2D eigenvalue weighted by Gasteiger charge is -2.19. The van der Waals surface area contributed by atoms with Gasteiger partial charge in [0.05, 0.1) is 0 Å². The fourth-order valence-electron chi connectivity index (χ4n) is 2.82. The number of aryl methyl sites for hydroxylation is 1. The molecule has 1 aliphatic rings. The topological polar surface area (TPSA) is 51.7 Å². The van der Waals surface area contributed by atoms with Gasteiger partial charge >= 0.3 is 5.97 Å². The monoisotopic (exact) mass is 326 g/mol. The van der Waals surface area contributed by atoms with Crippen molar-refractivity contribution in [2.45, 2.75) is 19.8 Å². The molecule has 0 amide bonds. The van der Waals surface area contributed by atoms with Gasteiger partial charge in [-0.3, -0.25) is 0 Å². The molecule has 0 saturated carbocycles. The number of anilines is 1. The van der Waals surface area contributed by atoms with Gasteiger partial charge in [-0.1, -0.05) is 18.2 Å². The van der Waals surface area contributed by atoms with Gasteiger partial charge in [0.1, 0.15) is 30.3 Å². The van der Waals surface area contributed by atoms with Crippen LogP contribution in [0.15, 0.2) is 42.6 Å². The molecule has 0 aliphatic carbocycles. The predicted octanol–water partition coefficient (Wildman–Crippen LogP) is 3.23. The lowest BCUT2D eigenvalue weighted by Crippen LogP contribution is -2.23. The molecule has 1 aromatic heterocycles. The van der Waals surface area contributed by atoms with Crippen LogP contribution in [0.5, 0.6) is 5.75 Å². The number of aromatic nitrogens is 1. The first-order valence-corrected chi connectivity index (χ1v) is 8.31. The van der Waals surface area contributed by atoms with Crippen LogP contribution in [-0.4, -0.2) is 37.3 Å². The number of hydrogen-bond donors (Lipinski definition) is 0. The van der Waals surface area contributed by atoms with E-state index in [4.69, 9.17) is 9.47 Å². The minimum Gasteiger partial charge on any atom is -0.490 e. The molecule has 1 saturated heterocycles. The summed E-state index contributed by atoms with van der Waals surface area (Å²) in [5.41, 5.74) is 1.59. The molecule has 5 heteroatoms. The van der Waals surface area contributed by atoms with Crippen LogP contribution in [0.1, 0.15) is 28.8 Å². The average Bonchev–Trinajstić information content (AvgIpc) is 3.14. The molecule has 126 valence electrons. The summed E-state index contributed by atoms with van der Waals surface area (Å²) in [5, 5.41) is 0. The van der Waals surface area contributed by atoms with Crippen LogP contribution in [0.25, 0.3) is 0 Å². The summed E-state index contributed by atoms with van der Waals surface area (Å²) in [6.45, 7) is 4.40. The summed E-state index contributed by atoms with van der Waals surface area (Å²) in [6, 6.07) is 11.3. The van der Waals surface area contributed by atoms with Crippen molar-refractivity contribution in [1.29, 1.82) is 0 Å². The Labute approximate surface area is 142 Å². The van der Waals surface area contributed by atoms with Gasteiger partial charge in [-0.05, 0) is 43.5 Å². The van der Waals surface area contributed by atoms with Gasteiger partial charge in [-0.2, -0.15) is 0 Å². The van der Waals surface area contributed by atoms with E-state index in [-0.39, 0.29) is 12.6 Å². The fourth-order valence-corrected chi connectivity index (χ4v) is 2.82. The highest BCUT2D eigenvalue weighted by Gasteiger charge is 2.21. The summed E-state index contributed by atoms with van der Waals surface area (Å²) in [5.74, 6) is 1.19. The number of carbonyl (C=O) groups is 1. The molecule has 0 bridgehead atoms. The first kappa shape index (κ1) is 16.3. The zero-order chi connectivity index (χ0) is 16.8. The summed E-state index contributed by atoms with van der Waals surface area (Å²) in [4.78, 5) is 18.9. The van der Waals surface area contributed by atoms with Crippen molar-refractivity contribution in [2.24, 2.45) is 0 Å². The van der Waals surface area contributed by atoms with E-state index in [1.165, 1.54) is 0 Å². The molecule has 24 heavy (non-hydrogen) atoms. The van der Waals surface area contributed by atoms with Crippen molar-refractivity contribution in [3.05, 3.63) is 53.7 Å². The highest BCUT2D eigenvalue weighted by atomic mass is 16.6. The van der Waals surface area contributed by atoms with Gasteiger partial charge < -0.3 is 14.4 Å². The maximum absolute atomic E-state index is 12.4. The standard InChI is InChI=1S/C19H22N2O3/c1-15-7-2-3-9-17(15)23-13-14-24-19(22)16-8-6-10-20-18(16)21-11-4-5-12-21/h2-3,6-10H,4-5,11-14H2,1H3. The molecule has 1 fully saturated rings. The van der Waals surface area contributed by atoms with Gasteiger partial charge in [0.15, 0.2) is 0 Å². The number of para-hydroxylation sites is 1. The second-order valence-corrected chi connectivity index (χ2v) is 5.82. The second kappa shape index (κ2) is 7.81. The zero-order valence-corrected chi connectivity index (χ0v) is 13.9. The van der Waals surface area contributed by atoms with Crippen molar-refractivity contribution in [1.82, 2.24) is 4.98 Å². The second-order valence-electron chi connectivity index (χ2n) is 5.82. The highest BCUT2D eigenvalue weighted by Crippen LogP contribution is 2.22. The van der Waals surface area contributed by atoms with Crippen LogP contribution in [0, 0.1) is 6.92 Å². The first-order chi connectivity index (χ1) is 11.8. The van der Waals surface area contributed by atoms with Crippen LogP contribution < -0.4 is 9.64 Å². The lowest BCUT2D eigenvalue weighted by molar-refractivity contribution is 0.0450. The zero-order valence-electron chi connectivity index (χ0n) is 13.9. The largest absolute Gasteiger partial charge is 0.490 e. The Kier molecular flexibility index (Phi) is 5.31. The van der Waals surface area contributed by atoms with Crippen LogP contribution >= 0.6 is 0 Å². The number of nitrogens with zero attached hydrogens (tertiary/aromatic N) is 2. The van der Waals surface area contributed by atoms with Gasteiger partial charge in [-0.15, -0.1) is 0 Å². The minimum atomic E-state index is -0.349.